The van der Waals surface area contributed by atoms with Crippen molar-refractivity contribution in [1.29, 1.82) is 0 Å². The normalized spacial score (nSPS) is 25.0. The van der Waals surface area contributed by atoms with E-state index in [2.05, 4.69) is 16.0 Å². The Labute approximate surface area is 149 Å². The van der Waals surface area contributed by atoms with Crippen molar-refractivity contribution in [1.82, 2.24) is 14.2 Å². The first-order chi connectivity index (χ1) is 12.1. The summed E-state index contributed by atoms with van der Waals surface area (Å²) in [6.45, 7) is 3.05. The lowest BCUT2D eigenvalue weighted by Gasteiger charge is -2.35. The fourth-order valence-electron chi connectivity index (χ4n) is 4.18. The Morgan fingerprint density at radius 3 is 2.64 bits per heavy atom. The second-order valence-corrected chi connectivity index (χ2v) is 8.95. The largest absolute Gasteiger partial charge is 0.292 e. The average Bonchev–Trinajstić information content (AvgIpc) is 3.25. The van der Waals surface area contributed by atoms with E-state index >= 15 is 0 Å². The third-order valence-corrected chi connectivity index (χ3v) is 7.37. The number of nitrogens with zero attached hydrogens (tertiary/aromatic N) is 3. The molecule has 2 saturated heterocycles. The van der Waals surface area contributed by atoms with Crippen molar-refractivity contribution in [3.8, 4) is 0 Å². The molecule has 5 nitrogen and oxygen atoms in total. The second kappa shape index (κ2) is 6.52. The predicted octanol–water partition coefficient (Wildman–Crippen LogP) is 2.51. The molecule has 4 rings (SSSR count). The van der Waals surface area contributed by atoms with Gasteiger partial charge < -0.3 is 0 Å². The minimum Gasteiger partial charge on any atom is -0.292 e. The summed E-state index contributed by atoms with van der Waals surface area (Å²) in [5, 5.41) is 0. The zero-order valence-electron chi connectivity index (χ0n) is 14.2. The molecule has 0 unspecified atom stereocenters. The smallest absolute Gasteiger partial charge is 0.243 e. The molecule has 6 heteroatoms. The van der Waals surface area contributed by atoms with Gasteiger partial charge >= 0.3 is 0 Å². The highest BCUT2D eigenvalue weighted by molar-refractivity contribution is 7.89. The van der Waals surface area contributed by atoms with Crippen LogP contribution in [0.4, 0.5) is 0 Å². The first kappa shape index (κ1) is 16.7. The molecule has 0 aliphatic carbocycles. The van der Waals surface area contributed by atoms with E-state index in [9.17, 15) is 8.42 Å². The maximum Gasteiger partial charge on any atom is 0.243 e. The van der Waals surface area contributed by atoms with Crippen LogP contribution in [0.25, 0.3) is 0 Å². The molecule has 0 amide bonds. The number of hydrogen-bond donors (Lipinski definition) is 0. The van der Waals surface area contributed by atoms with Gasteiger partial charge in [0, 0.05) is 37.6 Å². The summed E-state index contributed by atoms with van der Waals surface area (Å²) in [5.74, 6) is 0. The fraction of sp³-hybridized carbons (Fsp3) is 0.421. The number of pyridine rings is 1. The number of rotatable bonds is 4. The number of likely N-dealkylation sites (tertiary alicyclic amines) is 1. The predicted molar refractivity (Wildman–Crippen MR) is 96.4 cm³/mol. The van der Waals surface area contributed by atoms with Crippen molar-refractivity contribution < 1.29 is 8.42 Å². The van der Waals surface area contributed by atoms with E-state index in [0.29, 0.717) is 18.0 Å². The molecule has 2 fully saturated rings. The molecule has 1 aromatic carbocycles. The lowest BCUT2D eigenvalue weighted by atomic mass is 9.95. The maximum absolute atomic E-state index is 12.9. The molecular weight excluding hydrogens is 334 g/mol. The highest BCUT2D eigenvalue weighted by atomic mass is 32.2. The maximum atomic E-state index is 12.9. The lowest BCUT2D eigenvalue weighted by Crippen LogP contribution is -2.46. The molecule has 2 aromatic rings. The van der Waals surface area contributed by atoms with Gasteiger partial charge in [-0.15, -0.1) is 0 Å². The van der Waals surface area contributed by atoms with Crippen LogP contribution >= 0.6 is 0 Å². The molecule has 132 valence electrons. The molecular formula is C19H23N3O2S. The highest BCUT2D eigenvalue weighted by Crippen LogP contribution is 2.40. The van der Waals surface area contributed by atoms with Crippen molar-refractivity contribution in [3.05, 3.63) is 60.4 Å². The van der Waals surface area contributed by atoms with Gasteiger partial charge in [-0.2, -0.15) is 4.31 Å². The van der Waals surface area contributed by atoms with Gasteiger partial charge in [-0.1, -0.05) is 24.3 Å². The Morgan fingerprint density at radius 1 is 1.04 bits per heavy atom. The molecule has 25 heavy (non-hydrogen) atoms. The van der Waals surface area contributed by atoms with Crippen molar-refractivity contribution in [2.24, 2.45) is 0 Å². The van der Waals surface area contributed by atoms with E-state index in [1.54, 1.807) is 34.8 Å². The zero-order chi connectivity index (χ0) is 17.3. The minimum absolute atomic E-state index is 0.0301. The van der Waals surface area contributed by atoms with Crippen LogP contribution in [0.2, 0.25) is 0 Å². The summed E-state index contributed by atoms with van der Waals surface area (Å²) < 4.78 is 27.5. The zero-order valence-corrected chi connectivity index (χ0v) is 15.0. The third kappa shape index (κ3) is 3.10. The van der Waals surface area contributed by atoms with Crippen LogP contribution in [-0.4, -0.2) is 47.8 Å². The molecule has 2 aliphatic rings. The van der Waals surface area contributed by atoms with Crippen LogP contribution in [0.15, 0.2) is 59.8 Å². The number of benzene rings is 1. The van der Waals surface area contributed by atoms with Crippen LogP contribution in [0.3, 0.4) is 0 Å². The Kier molecular flexibility index (Phi) is 4.35. The Balaban J connectivity index is 1.54. The molecule has 2 aliphatic heterocycles. The number of sulfonamides is 1. The van der Waals surface area contributed by atoms with E-state index in [0.717, 1.165) is 32.4 Å². The molecule has 1 atom stereocenters. The molecule has 1 aromatic heterocycles. The van der Waals surface area contributed by atoms with Crippen molar-refractivity contribution in [2.45, 2.75) is 36.2 Å². The van der Waals surface area contributed by atoms with E-state index in [1.165, 1.54) is 5.56 Å². The molecule has 1 spiro atoms. The Morgan fingerprint density at radius 2 is 1.88 bits per heavy atom. The average molecular weight is 357 g/mol. The van der Waals surface area contributed by atoms with E-state index in [-0.39, 0.29) is 5.54 Å². The standard InChI is InChI=1S/C19H23N3O2S/c23-25(24,18-7-2-1-3-8-18)22-13-10-19(16-22)9-5-12-21(19)15-17-6-4-11-20-14-17/h1-4,6-8,11,14H,5,9-10,12-13,15-16H2/t19-/m0/s1. The summed E-state index contributed by atoms with van der Waals surface area (Å²) in [5.41, 5.74) is 1.16. The van der Waals surface area contributed by atoms with Gasteiger partial charge in [-0.05, 0) is 49.6 Å². The summed E-state index contributed by atoms with van der Waals surface area (Å²) in [4.78, 5) is 7.06. The van der Waals surface area contributed by atoms with Gasteiger partial charge in [0.25, 0.3) is 0 Å². The third-order valence-electron chi connectivity index (χ3n) is 5.52. The molecule has 0 bridgehead atoms. The summed E-state index contributed by atoms with van der Waals surface area (Å²) in [6.07, 6.45) is 6.78. The van der Waals surface area contributed by atoms with Gasteiger partial charge in [0.1, 0.15) is 0 Å². The lowest BCUT2D eigenvalue weighted by molar-refractivity contribution is 0.142. The van der Waals surface area contributed by atoms with Crippen molar-refractivity contribution >= 4 is 10.0 Å². The SMILES string of the molecule is O=S(=O)(c1ccccc1)N1CC[C@@]2(CCCN2Cc2cccnc2)C1. The summed E-state index contributed by atoms with van der Waals surface area (Å²) in [6, 6.07) is 12.8. The second-order valence-electron chi connectivity index (χ2n) is 7.01. The van der Waals surface area contributed by atoms with E-state index < -0.39 is 10.0 Å². The first-order valence-electron chi connectivity index (χ1n) is 8.79. The molecule has 0 radical (unpaired) electrons. The summed E-state index contributed by atoms with van der Waals surface area (Å²) in [7, 11) is -3.40. The van der Waals surface area contributed by atoms with Gasteiger partial charge in [0.2, 0.25) is 10.0 Å². The van der Waals surface area contributed by atoms with E-state index in [1.807, 2.05) is 18.3 Å². The van der Waals surface area contributed by atoms with Gasteiger partial charge in [-0.25, -0.2) is 8.42 Å². The number of aromatic nitrogens is 1. The van der Waals surface area contributed by atoms with Crippen LogP contribution in [0.1, 0.15) is 24.8 Å². The van der Waals surface area contributed by atoms with Crippen LogP contribution in [0.5, 0.6) is 0 Å². The quantitative estimate of drug-likeness (QED) is 0.844. The van der Waals surface area contributed by atoms with E-state index in [4.69, 9.17) is 0 Å². The Bertz CT molecular complexity index is 826. The van der Waals surface area contributed by atoms with Gasteiger partial charge in [-0.3, -0.25) is 9.88 Å². The molecule has 3 heterocycles. The first-order valence-corrected chi connectivity index (χ1v) is 10.2. The number of hydrogen-bond acceptors (Lipinski definition) is 4. The monoisotopic (exact) mass is 357 g/mol. The van der Waals surface area contributed by atoms with Crippen molar-refractivity contribution in [3.63, 3.8) is 0 Å². The topological polar surface area (TPSA) is 53.5 Å². The van der Waals surface area contributed by atoms with Gasteiger partial charge in [0.05, 0.1) is 4.90 Å². The minimum atomic E-state index is -3.40. The van der Waals surface area contributed by atoms with Crippen LogP contribution in [0, 0.1) is 0 Å². The fourth-order valence-corrected chi connectivity index (χ4v) is 5.72. The highest BCUT2D eigenvalue weighted by Gasteiger charge is 2.48. The van der Waals surface area contributed by atoms with Crippen LogP contribution in [-0.2, 0) is 16.6 Å². The summed E-state index contributed by atoms with van der Waals surface area (Å²) >= 11 is 0. The van der Waals surface area contributed by atoms with Crippen LogP contribution < -0.4 is 0 Å². The van der Waals surface area contributed by atoms with Crippen molar-refractivity contribution in [2.75, 3.05) is 19.6 Å². The molecule has 0 saturated carbocycles. The van der Waals surface area contributed by atoms with Gasteiger partial charge in [0.15, 0.2) is 0 Å². The molecule has 0 N–H and O–H groups in total. The Hall–Kier alpha value is -1.76.